The van der Waals surface area contributed by atoms with E-state index in [-0.39, 0.29) is 0 Å². The molecule has 4 heteroatoms. The van der Waals surface area contributed by atoms with Crippen LogP contribution in [0.15, 0.2) is 42.7 Å². The molecule has 0 fully saturated rings. The van der Waals surface area contributed by atoms with E-state index in [1.807, 2.05) is 37.4 Å². The second-order valence-corrected chi connectivity index (χ2v) is 4.52. The average Bonchev–Trinajstić information content (AvgIpc) is 2.43. The lowest BCUT2D eigenvalue weighted by Gasteiger charge is -2.08. The van der Waals surface area contributed by atoms with Crippen LogP contribution in [0.25, 0.3) is 10.9 Å². The molecule has 19 heavy (non-hydrogen) atoms. The molecule has 0 spiro atoms. The van der Waals surface area contributed by atoms with E-state index in [2.05, 4.69) is 21.0 Å². The molecule has 3 rings (SSSR count). The number of anilines is 1. The van der Waals surface area contributed by atoms with Gasteiger partial charge < -0.3 is 5.73 Å². The molecule has 0 unspecified atom stereocenters. The summed E-state index contributed by atoms with van der Waals surface area (Å²) in [5.74, 6) is 0.318. The largest absolute Gasteiger partial charge is 0.368 e. The second-order valence-electron chi connectivity index (χ2n) is 4.52. The molecule has 0 atom stereocenters. The molecular formula is C15H14N4. The molecule has 1 aromatic carbocycles. The lowest BCUT2D eigenvalue weighted by atomic mass is 10.0. The van der Waals surface area contributed by atoms with Gasteiger partial charge >= 0.3 is 0 Å². The smallest absolute Gasteiger partial charge is 0.220 e. The lowest BCUT2D eigenvalue weighted by molar-refractivity contribution is 1.01. The van der Waals surface area contributed by atoms with Crippen molar-refractivity contribution in [3.8, 4) is 0 Å². The number of aryl methyl sites for hydroxylation is 1. The molecule has 2 heterocycles. The molecule has 2 aromatic heterocycles. The number of pyridine rings is 1. The maximum Gasteiger partial charge on any atom is 0.220 e. The van der Waals surface area contributed by atoms with Gasteiger partial charge in [0.05, 0.1) is 11.2 Å². The van der Waals surface area contributed by atoms with E-state index >= 15 is 0 Å². The SMILES string of the molecule is Cc1cnc(N)nc1Cc1ccnc2ccccc12. The van der Waals surface area contributed by atoms with Gasteiger partial charge in [-0.2, -0.15) is 0 Å². The van der Waals surface area contributed by atoms with E-state index in [9.17, 15) is 0 Å². The lowest BCUT2D eigenvalue weighted by Crippen LogP contribution is -2.02. The monoisotopic (exact) mass is 250 g/mol. The fourth-order valence-corrected chi connectivity index (χ4v) is 2.16. The van der Waals surface area contributed by atoms with E-state index < -0.39 is 0 Å². The Morgan fingerprint density at radius 3 is 2.84 bits per heavy atom. The topological polar surface area (TPSA) is 64.7 Å². The van der Waals surface area contributed by atoms with Gasteiger partial charge in [-0.15, -0.1) is 0 Å². The third-order valence-corrected chi connectivity index (χ3v) is 3.19. The number of para-hydroxylation sites is 1. The highest BCUT2D eigenvalue weighted by Crippen LogP contribution is 2.20. The summed E-state index contributed by atoms with van der Waals surface area (Å²) in [5, 5.41) is 1.15. The summed E-state index contributed by atoms with van der Waals surface area (Å²) in [6, 6.07) is 10.1. The van der Waals surface area contributed by atoms with Crippen LogP contribution >= 0.6 is 0 Å². The Balaban J connectivity index is 2.08. The Morgan fingerprint density at radius 2 is 1.95 bits per heavy atom. The number of fused-ring (bicyclic) bond motifs is 1. The van der Waals surface area contributed by atoms with Crippen LogP contribution in [0.3, 0.4) is 0 Å². The number of rotatable bonds is 2. The van der Waals surface area contributed by atoms with Crippen LogP contribution in [0.5, 0.6) is 0 Å². The molecule has 0 aliphatic rings. The summed E-state index contributed by atoms with van der Waals surface area (Å²) in [4.78, 5) is 12.7. The van der Waals surface area contributed by atoms with E-state index in [0.717, 1.165) is 28.6 Å². The van der Waals surface area contributed by atoms with Crippen LogP contribution < -0.4 is 5.73 Å². The van der Waals surface area contributed by atoms with Gasteiger partial charge in [-0.25, -0.2) is 9.97 Å². The predicted octanol–water partition coefficient (Wildman–Crippen LogP) is 2.51. The van der Waals surface area contributed by atoms with Gasteiger partial charge in [0.15, 0.2) is 0 Å². The first-order valence-electron chi connectivity index (χ1n) is 6.14. The maximum absolute atomic E-state index is 5.66. The number of nitrogens with zero attached hydrogens (tertiary/aromatic N) is 3. The van der Waals surface area contributed by atoms with E-state index in [0.29, 0.717) is 5.95 Å². The first-order valence-corrected chi connectivity index (χ1v) is 6.14. The zero-order valence-electron chi connectivity index (χ0n) is 10.7. The number of benzene rings is 1. The zero-order valence-corrected chi connectivity index (χ0v) is 10.7. The van der Waals surface area contributed by atoms with Crippen molar-refractivity contribution < 1.29 is 0 Å². The normalized spacial score (nSPS) is 10.8. The highest BCUT2D eigenvalue weighted by Gasteiger charge is 2.07. The van der Waals surface area contributed by atoms with E-state index in [1.54, 1.807) is 6.20 Å². The van der Waals surface area contributed by atoms with Crippen molar-refractivity contribution >= 4 is 16.9 Å². The Labute approximate surface area is 111 Å². The van der Waals surface area contributed by atoms with Crippen molar-refractivity contribution in [1.29, 1.82) is 0 Å². The van der Waals surface area contributed by atoms with Gasteiger partial charge in [0.25, 0.3) is 0 Å². The van der Waals surface area contributed by atoms with Crippen LogP contribution in [0.1, 0.15) is 16.8 Å². The maximum atomic E-state index is 5.66. The highest BCUT2D eigenvalue weighted by atomic mass is 15.0. The van der Waals surface area contributed by atoms with Crippen molar-refractivity contribution in [2.75, 3.05) is 5.73 Å². The second kappa shape index (κ2) is 4.65. The molecule has 0 amide bonds. The number of nitrogens with two attached hydrogens (primary N) is 1. The molecule has 0 bridgehead atoms. The van der Waals surface area contributed by atoms with Crippen LogP contribution in [-0.4, -0.2) is 15.0 Å². The molecule has 2 N–H and O–H groups in total. The summed E-state index contributed by atoms with van der Waals surface area (Å²) in [6.45, 7) is 2.00. The van der Waals surface area contributed by atoms with Crippen LogP contribution in [-0.2, 0) is 6.42 Å². The van der Waals surface area contributed by atoms with Crippen molar-refractivity contribution in [3.05, 3.63) is 59.5 Å². The highest BCUT2D eigenvalue weighted by molar-refractivity contribution is 5.82. The van der Waals surface area contributed by atoms with Gasteiger partial charge in [0.2, 0.25) is 5.95 Å². The number of hydrogen-bond acceptors (Lipinski definition) is 4. The number of hydrogen-bond donors (Lipinski definition) is 1. The van der Waals surface area contributed by atoms with Crippen LogP contribution in [0.4, 0.5) is 5.95 Å². The van der Waals surface area contributed by atoms with Crippen LogP contribution in [0, 0.1) is 6.92 Å². The van der Waals surface area contributed by atoms with Crippen molar-refractivity contribution in [3.63, 3.8) is 0 Å². The minimum absolute atomic E-state index is 0.318. The standard InChI is InChI=1S/C15H14N4/c1-10-9-18-15(16)19-14(10)8-11-6-7-17-13-5-3-2-4-12(11)13/h2-7,9H,8H2,1H3,(H2,16,18,19). The molecule has 0 radical (unpaired) electrons. The summed E-state index contributed by atoms with van der Waals surface area (Å²) >= 11 is 0. The number of aromatic nitrogens is 3. The van der Waals surface area contributed by atoms with Gasteiger partial charge in [0.1, 0.15) is 0 Å². The van der Waals surface area contributed by atoms with Crippen molar-refractivity contribution in [2.45, 2.75) is 13.3 Å². The first-order chi connectivity index (χ1) is 9.24. The number of nitrogen functional groups attached to an aromatic ring is 1. The molecule has 3 aromatic rings. The molecule has 0 aliphatic carbocycles. The average molecular weight is 250 g/mol. The minimum atomic E-state index is 0.318. The third-order valence-electron chi connectivity index (χ3n) is 3.19. The fourth-order valence-electron chi connectivity index (χ4n) is 2.16. The summed E-state index contributed by atoms with van der Waals surface area (Å²) in [7, 11) is 0. The minimum Gasteiger partial charge on any atom is -0.368 e. The van der Waals surface area contributed by atoms with E-state index in [1.165, 1.54) is 5.56 Å². The molecule has 4 nitrogen and oxygen atoms in total. The van der Waals surface area contributed by atoms with Crippen LogP contribution in [0.2, 0.25) is 0 Å². The Kier molecular flexibility index (Phi) is 2.83. The summed E-state index contributed by atoms with van der Waals surface area (Å²) < 4.78 is 0. The van der Waals surface area contributed by atoms with Gasteiger partial charge in [-0.3, -0.25) is 4.98 Å². The van der Waals surface area contributed by atoms with E-state index in [4.69, 9.17) is 5.73 Å². The van der Waals surface area contributed by atoms with Gasteiger partial charge in [-0.05, 0) is 30.2 Å². The molecule has 94 valence electrons. The predicted molar refractivity (Wildman–Crippen MR) is 75.7 cm³/mol. The molecule has 0 aliphatic heterocycles. The summed E-state index contributed by atoms with van der Waals surface area (Å²) in [6.07, 6.45) is 4.33. The zero-order chi connectivity index (χ0) is 13.2. The Hall–Kier alpha value is -2.49. The Morgan fingerprint density at radius 1 is 1.11 bits per heavy atom. The fraction of sp³-hybridized carbons (Fsp3) is 0.133. The third kappa shape index (κ3) is 2.25. The quantitative estimate of drug-likeness (QED) is 0.759. The molecular weight excluding hydrogens is 236 g/mol. The molecule has 0 saturated carbocycles. The van der Waals surface area contributed by atoms with Gasteiger partial charge in [0, 0.05) is 24.2 Å². The first kappa shape index (κ1) is 11.6. The molecule has 0 saturated heterocycles. The van der Waals surface area contributed by atoms with Crippen molar-refractivity contribution in [1.82, 2.24) is 15.0 Å². The summed E-state index contributed by atoms with van der Waals surface area (Å²) in [5.41, 5.74) is 9.87. The van der Waals surface area contributed by atoms with Gasteiger partial charge in [-0.1, -0.05) is 18.2 Å². The van der Waals surface area contributed by atoms with Crippen molar-refractivity contribution in [2.24, 2.45) is 0 Å². The Bertz CT molecular complexity index is 732.